The number of rotatable bonds is 5. The highest BCUT2D eigenvalue weighted by molar-refractivity contribution is 7.89. The molecule has 2 aromatic rings. The molecule has 1 aromatic heterocycles. The van der Waals surface area contributed by atoms with Crippen LogP contribution in [-0.2, 0) is 30.2 Å². The van der Waals surface area contributed by atoms with Gasteiger partial charge in [0.1, 0.15) is 0 Å². The molecule has 3 N–H and O–H groups in total. The van der Waals surface area contributed by atoms with Crippen molar-refractivity contribution < 1.29 is 8.42 Å². The predicted molar refractivity (Wildman–Crippen MR) is 94.9 cm³/mol. The van der Waals surface area contributed by atoms with Crippen LogP contribution in [0.25, 0.3) is 0 Å². The maximum Gasteiger partial charge on any atom is 0.238 e. The van der Waals surface area contributed by atoms with Gasteiger partial charge in [-0.15, -0.1) is 0 Å². The fraction of sp³-hybridized carbons (Fsp3) is 0.312. The molecule has 0 aliphatic heterocycles. The van der Waals surface area contributed by atoms with Gasteiger partial charge in [-0.1, -0.05) is 12.1 Å². The number of nitrogens with zero attached hydrogens (tertiary/aromatic N) is 3. The van der Waals surface area contributed by atoms with Crippen LogP contribution in [0.2, 0.25) is 0 Å². The van der Waals surface area contributed by atoms with E-state index < -0.39 is 10.0 Å². The average molecular weight is 349 g/mol. The normalized spacial score (nSPS) is 12.2. The number of sulfonamides is 1. The van der Waals surface area contributed by atoms with E-state index >= 15 is 0 Å². The number of aromatic nitrogens is 1. The second kappa shape index (κ2) is 7.50. The lowest BCUT2D eigenvalue weighted by molar-refractivity contribution is 0.461. The molecular formula is C16H23N5O2S. The van der Waals surface area contributed by atoms with Crippen molar-refractivity contribution in [2.24, 2.45) is 17.2 Å². The summed E-state index contributed by atoms with van der Waals surface area (Å²) in [5.74, 6) is 0.720. The van der Waals surface area contributed by atoms with Gasteiger partial charge in [-0.25, -0.2) is 13.6 Å². The summed E-state index contributed by atoms with van der Waals surface area (Å²) in [6.07, 6.45) is 2.00. The quantitative estimate of drug-likeness (QED) is 0.619. The minimum atomic E-state index is -3.70. The van der Waals surface area contributed by atoms with E-state index in [2.05, 4.69) is 20.9 Å². The van der Waals surface area contributed by atoms with E-state index in [0.29, 0.717) is 13.1 Å². The van der Waals surface area contributed by atoms with E-state index in [1.807, 2.05) is 37.3 Å². The summed E-state index contributed by atoms with van der Waals surface area (Å²) < 4.78 is 24.9. The lowest BCUT2D eigenvalue weighted by Crippen LogP contribution is -2.38. The molecule has 7 nitrogen and oxygen atoms in total. The van der Waals surface area contributed by atoms with Gasteiger partial charge in [-0.2, -0.15) is 0 Å². The Kier molecular flexibility index (Phi) is 5.63. The summed E-state index contributed by atoms with van der Waals surface area (Å²) in [6.45, 7) is 1.16. The standard InChI is InChI=1S/C16H23N5O2S/c1-18-16(21(3)12-14-7-5-9-20(14)2)19-11-13-6-4-8-15(10-13)24(17,22)23/h4-10H,11-12H2,1-3H3,(H,18,19)(H2,17,22,23). The number of hydrogen-bond acceptors (Lipinski definition) is 3. The zero-order chi connectivity index (χ0) is 17.7. The molecule has 0 aliphatic carbocycles. The maximum absolute atomic E-state index is 11.4. The highest BCUT2D eigenvalue weighted by Crippen LogP contribution is 2.10. The van der Waals surface area contributed by atoms with Gasteiger partial charge in [0.2, 0.25) is 10.0 Å². The Labute approximate surface area is 142 Å². The number of aliphatic imine (C=N–C) groups is 1. The first-order valence-electron chi connectivity index (χ1n) is 7.45. The SMILES string of the molecule is CN=C(NCc1cccc(S(N)(=O)=O)c1)N(C)Cc1cccn1C. The summed E-state index contributed by atoms with van der Waals surface area (Å²) in [5, 5.41) is 8.39. The zero-order valence-electron chi connectivity index (χ0n) is 14.1. The number of nitrogens with two attached hydrogens (primary N) is 1. The first kappa shape index (κ1) is 18.0. The Bertz CT molecular complexity index is 826. The van der Waals surface area contributed by atoms with Gasteiger partial charge in [0.15, 0.2) is 5.96 Å². The van der Waals surface area contributed by atoms with Crippen molar-refractivity contribution in [3.63, 3.8) is 0 Å². The average Bonchev–Trinajstić information content (AvgIpc) is 2.92. The van der Waals surface area contributed by atoms with Crippen LogP contribution in [0, 0.1) is 0 Å². The third-order valence-corrected chi connectivity index (χ3v) is 4.61. The largest absolute Gasteiger partial charge is 0.353 e. The van der Waals surface area contributed by atoms with Crippen molar-refractivity contribution in [1.29, 1.82) is 0 Å². The summed E-state index contributed by atoms with van der Waals surface area (Å²) >= 11 is 0. The van der Waals surface area contributed by atoms with E-state index in [4.69, 9.17) is 5.14 Å². The Morgan fingerprint density at radius 1 is 1.33 bits per heavy atom. The molecule has 0 spiro atoms. The Balaban J connectivity index is 2.03. The molecule has 2 rings (SSSR count). The molecular weight excluding hydrogens is 326 g/mol. The molecule has 1 aromatic carbocycles. The van der Waals surface area contributed by atoms with E-state index in [-0.39, 0.29) is 4.90 Å². The number of benzene rings is 1. The monoisotopic (exact) mass is 349 g/mol. The molecule has 0 atom stereocenters. The minimum absolute atomic E-state index is 0.106. The molecule has 8 heteroatoms. The molecule has 1 heterocycles. The van der Waals surface area contributed by atoms with Crippen LogP contribution < -0.4 is 10.5 Å². The van der Waals surface area contributed by atoms with Crippen LogP contribution in [0.4, 0.5) is 0 Å². The van der Waals surface area contributed by atoms with E-state index in [0.717, 1.165) is 17.2 Å². The van der Waals surface area contributed by atoms with Crippen molar-refractivity contribution in [3.05, 3.63) is 53.9 Å². The van der Waals surface area contributed by atoms with Crippen LogP contribution in [0.3, 0.4) is 0 Å². The molecule has 0 fully saturated rings. The van der Waals surface area contributed by atoms with Gasteiger partial charge in [-0.3, -0.25) is 4.99 Å². The van der Waals surface area contributed by atoms with E-state index in [1.165, 1.54) is 6.07 Å². The summed E-state index contributed by atoms with van der Waals surface area (Å²) in [5.41, 5.74) is 1.98. The number of guanidine groups is 1. The fourth-order valence-corrected chi connectivity index (χ4v) is 2.96. The smallest absolute Gasteiger partial charge is 0.238 e. The van der Waals surface area contributed by atoms with Gasteiger partial charge < -0.3 is 14.8 Å². The molecule has 0 saturated carbocycles. The first-order chi connectivity index (χ1) is 11.3. The summed E-state index contributed by atoms with van der Waals surface area (Å²) in [6, 6.07) is 10.6. The molecule has 130 valence electrons. The maximum atomic E-state index is 11.4. The highest BCUT2D eigenvalue weighted by Gasteiger charge is 2.10. The van der Waals surface area contributed by atoms with Crippen LogP contribution in [0.5, 0.6) is 0 Å². The molecule has 0 bridgehead atoms. The second-order valence-corrected chi connectivity index (χ2v) is 7.12. The number of nitrogens with one attached hydrogen (secondary N) is 1. The van der Waals surface area contributed by atoms with Crippen LogP contribution in [0.1, 0.15) is 11.3 Å². The van der Waals surface area contributed by atoms with Crippen molar-refractivity contribution in [2.75, 3.05) is 14.1 Å². The van der Waals surface area contributed by atoms with Gasteiger partial charge >= 0.3 is 0 Å². The highest BCUT2D eigenvalue weighted by atomic mass is 32.2. The topological polar surface area (TPSA) is 92.7 Å². The molecule has 0 unspecified atom stereocenters. The van der Waals surface area contributed by atoms with Crippen molar-refractivity contribution in [1.82, 2.24) is 14.8 Å². The fourth-order valence-electron chi connectivity index (χ4n) is 2.38. The molecule has 24 heavy (non-hydrogen) atoms. The number of hydrogen-bond donors (Lipinski definition) is 2. The van der Waals surface area contributed by atoms with E-state index in [9.17, 15) is 8.42 Å². The van der Waals surface area contributed by atoms with Crippen LogP contribution in [0.15, 0.2) is 52.5 Å². The first-order valence-corrected chi connectivity index (χ1v) is 8.99. The third kappa shape index (κ3) is 4.59. The number of primary sulfonamides is 1. The zero-order valence-corrected chi connectivity index (χ0v) is 14.9. The van der Waals surface area contributed by atoms with Crippen LogP contribution >= 0.6 is 0 Å². The second-order valence-electron chi connectivity index (χ2n) is 5.56. The number of aryl methyl sites for hydroxylation is 1. The van der Waals surface area contributed by atoms with Gasteiger partial charge in [0.05, 0.1) is 11.4 Å². The van der Waals surface area contributed by atoms with E-state index in [1.54, 1.807) is 19.2 Å². The Morgan fingerprint density at radius 3 is 2.67 bits per heavy atom. The Morgan fingerprint density at radius 2 is 2.08 bits per heavy atom. The Hall–Kier alpha value is -2.32. The summed E-state index contributed by atoms with van der Waals surface area (Å²) in [7, 11) is 1.96. The molecule has 0 aliphatic rings. The van der Waals surface area contributed by atoms with Gasteiger partial charge in [0, 0.05) is 39.6 Å². The van der Waals surface area contributed by atoms with Gasteiger partial charge in [0.25, 0.3) is 0 Å². The minimum Gasteiger partial charge on any atom is -0.353 e. The lowest BCUT2D eigenvalue weighted by Gasteiger charge is -2.22. The van der Waals surface area contributed by atoms with Crippen LogP contribution in [-0.4, -0.2) is 37.9 Å². The summed E-state index contributed by atoms with van der Waals surface area (Å²) in [4.78, 5) is 6.37. The van der Waals surface area contributed by atoms with Crippen molar-refractivity contribution in [3.8, 4) is 0 Å². The molecule has 0 radical (unpaired) electrons. The van der Waals surface area contributed by atoms with Crippen molar-refractivity contribution >= 4 is 16.0 Å². The van der Waals surface area contributed by atoms with Crippen molar-refractivity contribution in [2.45, 2.75) is 18.0 Å². The predicted octanol–water partition coefficient (Wildman–Crippen LogP) is 0.880. The molecule has 0 saturated heterocycles. The molecule has 0 amide bonds. The third-order valence-electron chi connectivity index (χ3n) is 3.70. The van der Waals surface area contributed by atoms with Gasteiger partial charge in [-0.05, 0) is 29.8 Å². The lowest BCUT2D eigenvalue weighted by atomic mass is 10.2.